The number of carbonyl (C=O) groups excluding carboxylic acids is 2. The van der Waals surface area contributed by atoms with Gasteiger partial charge in [-0.15, -0.1) is 0 Å². The number of benzene rings is 1. The van der Waals surface area contributed by atoms with Crippen molar-refractivity contribution in [3.8, 4) is 11.3 Å². The van der Waals surface area contributed by atoms with Crippen LogP contribution in [0.15, 0.2) is 47.2 Å². The number of piperazine rings is 1. The van der Waals surface area contributed by atoms with Crippen LogP contribution in [0.1, 0.15) is 26.5 Å². The second-order valence-electron chi connectivity index (χ2n) is 6.89. The minimum absolute atomic E-state index is 0.0322. The van der Waals surface area contributed by atoms with Gasteiger partial charge in [0.2, 0.25) is 0 Å². The molecule has 3 aromatic rings. The predicted molar refractivity (Wildman–Crippen MR) is 108 cm³/mol. The molecule has 2 aromatic heterocycles. The van der Waals surface area contributed by atoms with Gasteiger partial charge in [-0.05, 0) is 31.2 Å². The Bertz CT molecular complexity index is 1070. The van der Waals surface area contributed by atoms with Crippen LogP contribution in [0.3, 0.4) is 0 Å². The molecule has 3 heterocycles. The first-order chi connectivity index (χ1) is 14.5. The summed E-state index contributed by atoms with van der Waals surface area (Å²) in [6.45, 7) is 3.01. The molecule has 9 heteroatoms. The highest BCUT2D eigenvalue weighted by Gasteiger charge is 2.31. The largest absolute Gasteiger partial charge is 0.360 e. The Kier molecular flexibility index (Phi) is 5.50. The second kappa shape index (κ2) is 8.23. The fourth-order valence-corrected chi connectivity index (χ4v) is 3.71. The Morgan fingerprint density at radius 3 is 2.40 bits per heavy atom. The van der Waals surface area contributed by atoms with Crippen molar-refractivity contribution in [1.29, 1.82) is 0 Å². The number of amides is 2. The van der Waals surface area contributed by atoms with Gasteiger partial charge in [-0.25, -0.2) is 4.39 Å². The van der Waals surface area contributed by atoms with Crippen LogP contribution in [0.4, 0.5) is 4.39 Å². The molecule has 0 saturated carbocycles. The average Bonchev–Trinajstić information content (AvgIpc) is 3.14. The summed E-state index contributed by atoms with van der Waals surface area (Å²) in [5.41, 5.74) is 0.789. The molecule has 0 bridgehead atoms. The summed E-state index contributed by atoms with van der Waals surface area (Å²) < 4.78 is 19.6. The molecular weight excluding hydrogens is 411 g/mol. The molecule has 4 rings (SSSR count). The van der Waals surface area contributed by atoms with E-state index in [9.17, 15) is 14.0 Å². The minimum atomic E-state index is -0.586. The maximum Gasteiger partial charge on any atom is 0.259 e. The zero-order valence-electron chi connectivity index (χ0n) is 16.1. The molecule has 0 radical (unpaired) electrons. The van der Waals surface area contributed by atoms with Gasteiger partial charge in [0.05, 0.1) is 16.1 Å². The molecule has 0 spiro atoms. The molecule has 1 aliphatic heterocycles. The fourth-order valence-electron chi connectivity index (χ4n) is 3.46. The van der Waals surface area contributed by atoms with Crippen LogP contribution in [0.5, 0.6) is 0 Å². The zero-order chi connectivity index (χ0) is 21.3. The van der Waals surface area contributed by atoms with Gasteiger partial charge >= 0.3 is 0 Å². The Morgan fingerprint density at radius 2 is 1.77 bits per heavy atom. The van der Waals surface area contributed by atoms with Crippen LogP contribution >= 0.6 is 11.6 Å². The Morgan fingerprint density at radius 1 is 1.07 bits per heavy atom. The SMILES string of the molecule is Cc1onc(-c2c(F)cccc2Cl)c1C(=O)N1CCN(C(=O)c2cccnc2)CC1. The van der Waals surface area contributed by atoms with E-state index in [1.807, 2.05) is 0 Å². The first kappa shape index (κ1) is 20.0. The first-order valence-electron chi connectivity index (χ1n) is 9.36. The normalized spacial score (nSPS) is 14.1. The van der Waals surface area contributed by atoms with Gasteiger partial charge in [-0.1, -0.05) is 22.8 Å². The van der Waals surface area contributed by atoms with Crippen molar-refractivity contribution in [2.24, 2.45) is 0 Å². The van der Waals surface area contributed by atoms with E-state index in [1.54, 1.807) is 35.1 Å². The van der Waals surface area contributed by atoms with Gasteiger partial charge in [0.25, 0.3) is 11.8 Å². The van der Waals surface area contributed by atoms with Crippen molar-refractivity contribution >= 4 is 23.4 Å². The van der Waals surface area contributed by atoms with E-state index in [2.05, 4.69) is 10.1 Å². The number of pyridine rings is 1. The van der Waals surface area contributed by atoms with Crippen molar-refractivity contribution in [3.05, 3.63) is 70.5 Å². The molecule has 2 amide bonds. The lowest BCUT2D eigenvalue weighted by Gasteiger charge is -2.34. The summed E-state index contributed by atoms with van der Waals surface area (Å²) in [5, 5.41) is 4.03. The molecule has 1 fully saturated rings. The van der Waals surface area contributed by atoms with E-state index in [0.29, 0.717) is 31.7 Å². The monoisotopic (exact) mass is 428 g/mol. The van der Waals surface area contributed by atoms with Crippen LogP contribution in [0, 0.1) is 12.7 Å². The number of nitrogens with zero attached hydrogens (tertiary/aromatic N) is 4. The number of carbonyl (C=O) groups is 2. The summed E-state index contributed by atoms with van der Waals surface area (Å²) >= 11 is 6.15. The molecule has 0 N–H and O–H groups in total. The second-order valence-corrected chi connectivity index (χ2v) is 7.29. The van der Waals surface area contributed by atoms with Gasteiger partial charge < -0.3 is 14.3 Å². The van der Waals surface area contributed by atoms with E-state index in [0.717, 1.165) is 0 Å². The van der Waals surface area contributed by atoms with Gasteiger partial charge in [0.1, 0.15) is 22.8 Å². The summed E-state index contributed by atoms with van der Waals surface area (Å²) in [5.74, 6) is -0.772. The van der Waals surface area contributed by atoms with E-state index in [4.69, 9.17) is 16.1 Å². The summed E-state index contributed by atoms with van der Waals surface area (Å²) in [6, 6.07) is 7.67. The number of hydrogen-bond donors (Lipinski definition) is 0. The van der Waals surface area contributed by atoms with E-state index in [1.165, 1.54) is 24.4 Å². The molecule has 1 aromatic carbocycles. The van der Waals surface area contributed by atoms with Crippen LogP contribution in [-0.2, 0) is 0 Å². The quantitative estimate of drug-likeness (QED) is 0.638. The molecule has 0 unspecified atom stereocenters. The lowest BCUT2D eigenvalue weighted by atomic mass is 10.0. The van der Waals surface area contributed by atoms with Gasteiger partial charge in [-0.2, -0.15) is 0 Å². The summed E-state index contributed by atoms with van der Waals surface area (Å²) in [7, 11) is 0. The van der Waals surface area contributed by atoms with Gasteiger partial charge in [0, 0.05) is 38.6 Å². The third-order valence-electron chi connectivity index (χ3n) is 5.04. The Balaban J connectivity index is 1.53. The number of halogens is 2. The highest BCUT2D eigenvalue weighted by atomic mass is 35.5. The van der Waals surface area contributed by atoms with E-state index < -0.39 is 5.82 Å². The van der Waals surface area contributed by atoms with Crippen LogP contribution in [-0.4, -0.2) is 57.9 Å². The van der Waals surface area contributed by atoms with E-state index in [-0.39, 0.29) is 39.4 Å². The third kappa shape index (κ3) is 3.66. The average molecular weight is 429 g/mol. The van der Waals surface area contributed by atoms with Crippen molar-refractivity contribution in [3.63, 3.8) is 0 Å². The van der Waals surface area contributed by atoms with Crippen LogP contribution < -0.4 is 0 Å². The number of rotatable bonds is 3. The van der Waals surface area contributed by atoms with Crippen LogP contribution in [0.25, 0.3) is 11.3 Å². The highest BCUT2D eigenvalue weighted by Crippen LogP contribution is 2.34. The van der Waals surface area contributed by atoms with Crippen molar-refractivity contribution in [2.45, 2.75) is 6.92 Å². The molecule has 0 aliphatic carbocycles. The third-order valence-corrected chi connectivity index (χ3v) is 5.35. The molecule has 7 nitrogen and oxygen atoms in total. The van der Waals surface area contributed by atoms with Crippen molar-refractivity contribution < 1.29 is 18.5 Å². The topological polar surface area (TPSA) is 79.5 Å². The van der Waals surface area contributed by atoms with Crippen molar-refractivity contribution in [2.75, 3.05) is 26.2 Å². The molecule has 154 valence electrons. The van der Waals surface area contributed by atoms with E-state index >= 15 is 0 Å². The minimum Gasteiger partial charge on any atom is -0.360 e. The molecular formula is C21H18ClFN4O3. The zero-order valence-corrected chi connectivity index (χ0v) is 16.9. The number of hydrogen-bond acceptors (Lipinski definition) is 5. The van der Waals surface area contributed by atoms with Gasteiger partial charge in [-0.3, -0.25) is 14.6 Å². The predicted octanol–water partition coefficient (Wildman–Crippen LogP) is 3.44. The number of aryl methyl sites for hydroxylation is 1. The highest BCUT2D eigenvalue weighted by molar-refractivity contribution is 6.33. The number of aromatic nitrogens is 2. The molecule has 0 atom stereocenters. The van der Waals surface area contributed by atoms with Crippen LogP contribution in [0.2, 0.25) is 5.02 Å². The Hall–Kier alpha value is -3.26. The lowest BCUT2D eigenvalue weighted by Crippen LogP contribution is -2.50. The molecule has 1 saturated heterocycles. The molecule has 30 heavy (non-hydrogen) atoms. The Labute approximate surface area is 177 Å². The maximum atomic E-state index is 14.4. The summed E-state index contributed by atoms with van der Waals surface area (Å²) in [6.07, 6.45) is 3.12. The standard InChI is InChI=1S/C21H18ClFN4O3/c1-13-17(19(25-30-13)18-15(22)5-2-6-16(18)23)21(29)27-10-8-26(9-11-27)20(28)14-4-3-7-24-12-14/h2-7,12H,8-11H2,1H3. The fraction of sp³-hybridized carbons (Fsp3) is 0.238. The van der Waals surface area contributed by atoms with Crippen molar-refractivity contribution in [1.82, 2.24) is 19.9 Å². The smallest absolute Gasteiger partial charge is 0.259 e. The van der Waals surface area contributed by atoms with Gasteiger partial charge in [0.15, 0.2) is 0 Å². The molecule has 1 aliphatic rings. The summed E-state index contributed by atoms with van der Waals surface area (Å²) in [4.78, 5) is 33.0. The lowest BCUT2D eigenvalue weighted by molar-refractivity contribution is 0.0534. The maximum absolute atomic E-state index is 14.4. The first-order valence-corrected chi connectivity index (χ1v) is 9.74.